The van der Waals surface area contributed by atoms with E-state index in [1.807, 2.05) is 0 Å². The van der Waals surface area contributed by atoms with Crippen molar-refractivity contribution in [2.75, 3.05) is 6.54 Å². The zero-order chi connectivity index (χ0) is 11.5. The van der Waals surface area contributed by atoms with Crippen LogP contribution in [0.5, 0.6) is 0 Å². The van der Waals surface area contributed by atoms with E-state index in [9.17, 15) is 0 Å². The highest BCUT2D eigenvalue weighted by molar-refractivity contribution is 5.61. The van der Waals surface area contributed by atoms with E-state index in [1.165, 1.54) is 22.5 Å². The van der Waals surface area contributed by atoms with Gasteiger partial charge in [0.2, 0.25) is 0 Å². The second-order valence-corrected chi connectivity index (χ2v) is 4.17. The number of rotatable bonds is 3. The fourth-order valence-electron chi connectivity index (χ4n) is 1.97. The van der Waals surface area contributed by atoms with Gasteiger partial charge in [0, 0.05) is 24.5 Å². The van der Waals surface area contributed by atoms with Crippen LogP contribution < -0.4 is 5.73 Å². The Morgan fingerprint density at radius 1 is 1.00 bits per heavy atom. The molecule has 2 heteroatoms. The van der Waals surface area contributed by atoms with Gasteiger partial charge in [-0.25, -0.2) is 0 Å². The molecule has 0 fully saturated rings. The molecule has 1 aromatic heterocycles. The molecule has 0 atom stereocenters. The molecule has 1 aromatic carbocycles. The summed E-state index contributed by atoms with van der Waals surface area (Å²) in [5, 5.41) is 0. The third kappa shape index (κ3) is 2.02. The van der Waals surface area contributed by atoms with Gasteiger partial charge in [-0.2, -0.15) is 0 Å². The average Bonchev–Trinajstić information content (AvgIpc) is 2.63. The van der Waals surface area contributed by atoms with Crippen molar-refractivity contribution in [3.63, 3.8) is 0 Å². The summed E-state index contributed by atoms with van der Waals surface area (Å²) in [5.41, 5.74) is 10.7. The van der Waals surface area contributed by atoms with Crippen molar-refractivity contribution in [2.45, 2.75) is 20.4 Å². The highest BCUT2D eigenvalue weighted by Crippen LogP contribution is 2.22. The maximum Gasteiger partial charge on any atom is 0.0482 e. The van der Waals surface area contributed by atoms with Gasteiger partial charge in [0.25, 0.3) is 0 Å². The quantitative estimate of drug-likeness (QED) is 0.836. The minimum absolute atomic E-state index is 0.675. The Balaban J connectivity index is 2.43. The maximum atomic E-state index is 5.64. The van der Waals surface area contributed by atoms with Crippen LogP contribution in [0.3, 0.4) is 0 Å². The Hall–Kier alpha value is -1.54. The fraction of sp³-hybridized carbons (Fsp3) is 0.286. The van der Waals surface area contributed by atoms with Crippen LogP contribution in [-0.2, 0) is 6.54 Å². The third-order valence-corrected chi connectivity index (χ3v) is 2.90. The first kappa shape index (κ1) is 11.0. The van der Waals surface area contributed by atoms with E-state index >= 15 is 0 Å². The molecular weight excluding hydrogens is 196 g/mol. The lowest BCUT2D eigenvalue weighted by molar-refractivity contribution is 0.700. The molecule has 0 unspecified atom stereocenters. The molecule has 0 aliphatic heterocycles. The van der Waals surface area contributed by atoms with Crippen LogP contribution in [-0.4, -0.2) is 11.1 Å². The van der Waals surface area contributed by atoms with Gasteiger partial charge in [-0.15, -0.1) is 0 Å². The molecule has 0 bridgehead atoms. The van der Waals surface area contributed by atoms with Crippen molar-refractivity contribution in [3.8, 4) is 11.3 Å². The molecule has 2 rings (SSSR count). The molecule has 0 saturated heterocycles. The van der Waals surface area contributed by atoms with Gasteiger partial charge in [0.05, 0.1) is 0 Å². The summed E-state index contributed by atoms with van der Waals surface area (Å²) in [6.45, 7) is 5.78. The summed E-state index contributed by atoms with van der Waals surface area (Å²) in [6, 6.07) is 12.9. The lowest BCUT2D eigenvalue weighted by Gasteiger charge is -2.10. The van der Waals surface area contributed by atoms with Gasteiger partial charge >= 0.3 is 0 Å². The summed E-state index contributed by atoms with van der Waals surface area (Å²) in [7, 11) is 0. The molecule has 0 saturated carbocycles. The first-order valence-electron chi connectivity index (χ1n) is 5.65. The summed E-state index contributed by atoms with van der Waals surface area (Å²) < 4.78 is 2.27. The van der Waals surface area contributed by atoms with E-state index in [4.69, 9.17) is 5.73 Å². The maximum absolute atomic E-state index is 5.64. The molecule has 0 spiro atoms. The second-order valence-electron chi connectivity index (χ2n) is 4.17. The van der Waals surface area contributed by atoms with Crippen LogP contribution in [0.1, 0.15) is 11.3 Å². The average molecular weight is 214 g/mol. The first-order valence-corrected chi connectivity index (χ1v) is 5.65. The monoisotopic (exact) mass is 214 g/mol. The first-order chi connectivity index (χ1) is 7.72. The zero-order valence-electron chi connectivity index (χ0n) is 9.90. The van der Waals surface area contributed by atoms with Crippen LogP contribution in [0.15, 0.2) is 36.4 Å². The number of aromatic nitrogens is 1. The Bertz CT molecular complexity index is 466. The van der Waals surface area contributed by atoms with Crippen molar-refractivity contribution in [3.05, 3.63) is 47.7 Å². The van der Waals surface area contributed by atoms with Crippen LogP contribution in [0, 0.1) is 13.8 Å². The van der Waals surface area contributed by atoms with Crippen LogP contribution in [0.25, 0.3) is 11.3 Å². The molecule has 16 heavy (non-hydrogen) atoms. The molecular formula is C14H18N2. The number of hydrogen-bond donors (Lipinski definition) is 1. The zero-order valence-corrected chi connectivity index (χ0v) is 9.90. The Morgan fingerprint density at radius 3 is 2.31 bits per heavy atom. The van der Waals surface area contributed by atoms with E-state index in [-0.39, 0.29) is 0 Å². The van der Waals surface area contributed by atoms with Gasteiger partial charge in [0.1, 0.15) is 0 Å². The third-order valence-electron chi connectivity index (χ3n) is 2.90. The lowest BCUT2D eigenvalue weighted by atomic mass is 10.1. The molecule has 2 aromatic rings. The number of aryl methyl sites for hydroxylation is 2. The van der Waals surface area contributed by atoms with Crippen molar-refractivity contribution < 1.29 is 0 Å². The summed E-state index contributed by atoms with van der Waals surface area (Å²) in [6.07, 6.45) is 0. The van der Waals surface area contributed by atoms with Gasteiger partial charge in [0.15, 0.2) is 0 Å². The predicted molar refractivity (Wildman–Crippen MR) is 68.4 cm³/mol. The number of nitrogens with zero attached hydrogens (tertiary/aromatic N) is 1. The van der Waals surface area contributed by atoms with Gasteiger partial charge in [-0.1, -0.05) is 29.8 Å². The molecule has 0 aliphatic carbocycles. The fourth-order valence-corrected chi connectivity index (χ4v) is 1.97. The van der Waals surface area contributed by atoms with Gasteiger partial charge in [-0.3, -0.25) is 0 Å². The predicted octanol–water partition coefficient (Wildman–Crippen LogP) is 2.73. The smallest absolute Gasteiger partial charge is 0.0482 e. The van der Waals surface area contributed by atoms with Gasteiger partial charge < -0.3 is 10.3 Å². The lowest BCUT2D eigenvalue weighted by Crippen LogP contribution is -2.11. The minimum Gasteiger partial charge on any atom is -0.344 e. The van der Waals surface area contributed by atoms with E-state index in [1.54, 1.807) is 0 Å². The van der Waals surface area contributed by atoms with Crippen molar-refractivity contribution >= 4 is 0 Å². The molecule has 1 heterocycles. The topological polar surface area (TPSA) is 30.9 Å². The summed E-state index contributed by atoms with van der Waals surface area (Å²) in [5.74, 6) is 0. The number of nitrogens with two attached hydrogens (primary N) is 1. The highest BCUT2D eigenvalue weighted by Gasteiger charge is 2.06. The molecule has 0 amide bonds. The van der Waals surface area contributed by atoms with E-state index in [0.717, 1.165) is 6.54 Å². The largest absolute Gasteiger partial charge is 0.344 e. The summed E-state index contributed by atoms with van der Waals surface area (Å²) >= 11 is 0. The molecule has 84 valence electrons. The molecule has 2 nitrogen and oxygen atoms in total. The summed E-state index contributed by atoms with van der Waals surface area (Å²) in [4.78, 5) is 0. The van der Waals surface area contributed by atoms with Gasteiger partial charge in [-0.05, 0) is 31.5 Å². The molecule has 0 aliphatic rings. The Labute approximate surface area is 96.7 Å². The molecule has 2 N–H and O–H groups in total. The highest BCUT2D eigenvalue weighted by atomic mass is 15.0. The SMILES string of the molecule is Cc1ccc(-c2ccc(C)n2CCN)cc1. The normalized spacial score (nSPS) is 10.7. The van der Waals surface area contributed by atoms with Crippen molar-refractivity contribution in [2.24, 2.45) is 5.73 Å². The van der Waals surface area contributed by atoms with E-state index in [0.29, 0.717) is 6.54 Å². The van der Waals surface area contributed by atoms with Crippen molar-refractivity contribution in [1.29, 1.82) is 0 Å². The Kier molecular flexibility index (Phi) is 3.11. The number of benzene rings is 1. The van der Waals surface area contributed by atoms with E-state index < -0.39 is 0 Å². The van der Waals surface area contributed by atoms with Crippen molar-refractivity contribution in [1.82, 2.24) is 4.57 Å². The molecule has 0 radical (unpaired) electrons. The standard InChI is InChI=1S/C14H18N2/c1-11-3-6-13(7-4-11)14-8-5-12(2)16(14)10-9-15/h3-8H,9-10,15H2,1-2H3. The number of hydrogen-bond acceptors (Lipinski definition) is 1. The van der Waals surface area contributed by atoms with Crippen LogP contribution >= 0.6 is 0 Å². The Morgan fingerprint density at radius 2 is 1.69 bits per heavy atom. The van der Waals surface area contributed by atoms with Crippen LogP contribution in [0.2, 0.25) is 0 Å². The van der Waals surface area contributed by atoms with E-state index in [2.05, 4.69) is 54.8 Å². The minimum atomic E-state index is 0.675. The second kappa shape index (κ2) is 4.54. The van der Waals surface area contributed by atoms with Crippen LogP contribution in [0.4, 0.5) is 0 Å².